The van der Waals surface area contributed by atoms with E-state index < -0.39 is 0 Å². The number of nitrogens with one attached hydrogen (secondary N) is 1. The first-order valence-corrected chi connectivity index (χ1v) is 4.21. The molecule has 0 unspecified atom stereocenters. The van der Waals surface area contributed by atoms with E-state index >= 15 is 0 Å². The molecular weight excluding hydrogens is 126 g/mol. The van der Waals surface area contributed by atoms with E-state index in [-0.39, 0.29) is 0 Å². The molecule has 0 saturated heterocycles. The molecule has 0 heterocycles. The highest BCUT2D eigenvalue weighted by atomic mass is 16.3. The summed E-state index contributed by atoms with van der Waals surface area (Å²) in [6.45, 7) is 3.68. The molecule has 0 radical (unpaired) electrons. The maximum atomic E-state index is 8.70. The Bertz CT molecular complexity index is 86.5. The molecule has 2 nitrogen and oxygen atoms in total. The van der Waals surface area contributed by atoms with Crippen molar-refractivity contribution in [2.75, 3.05) is 13.2 Å². The molecule has 0 spiro atoms. The Morgan fingerprint density at radius 2 is 2.20 bits per heavy atom. The van der Waals surface area contributed by atoms with Crippen LogP contribution in [0.25, 0.3) is 0 Å². The van der Waals surface area contributed by atoms with Gasteiger partial charge in [0, 0.05) is 12.6 Å². The van der Waals surface area contributed by atoms with E-state index in [2.05, 4.69) is 12.2 Å². The van der Waals surface area contributed by atoms with Gasteiger partial charge in [0.05, 0.1) is 0 Å². The highest BCUT2D eigenvalue weighted by Crippen LogP contribution is 2.26. The second kappa shape index (κ2) is 3.94. The summed E-state index contributed by atoms with van der Waals surface area (Å²) in [4.78, 5) is 0. The molecule has 1 rings (SSSR count). The molecule has 0 aromatic heterocycles. The van der Waals surface area contributed by atoms with Crippen LogP contribution in [0, 0.1) is 5.92 Å². The molecule has 0 aliphatic heterocycles. The average molecular weight is 143 g/mol. The summed E-state index contributed by atoms with van der Waals surface area (Å²) in [5.41, 5.74) is 0. The Balaban J connectivity index is 1.93. The molecule has 0 aromatic carbocycles. The lowest BCUT2D eigenvalue weighted by atomic mass is 9.81. The second-order valence-corrected chi connectivity index (χ2v) is 3.17. The lowest BCUT2D eigenvalue weighted by molar-refractivity contribution is 0.127. The summed E-state index contributed by atoms with van der Waals surface area (Å²) >= 11 is 0. The number of hydrogen-bond donors (Lipinski definition) is 2. The lowest BCUT2D eigenvalue weighted by Crippen LogP contribution is -2.42. The fourth-order valence-corrected chi connectivity index (χ4v) is 1.40. The summed E-state index contributed by atoms with van der Waals surface area (Å²) < 4.78 is 0. The highest BCUT2D eigenvalue weighted by Gasteiger charge is 2.27. The Hall–Kier alpha value is -0.0800. The predicted molar refractivity (Wildman–Crippen MR) is 41.9 cm³/mol. The van der Waals surface area contributed by atoms with Crippen molar-refractivity contribution in [3.8, 4) is 0 Å². The van der Waals surface area contributed by atoms with Crippen molar-refractivity contribution in [1.82, 2.24) is 5.32 Å². The van der Waals surface area contributed by atoms with Crippen LogP contribution >= 0.6 is 0 Å². The zero-order valence-corrected chi connectivity index (χ0v) is 6.64. The van der Waals surface area contributed by atoms with Crippen LogP contribution < -0.4 is 5.32 Å². The molecule has 0 aromatic rings. The van der Waals surface area contributed by atoms with Crippen molar-refractivity contribution >= 4 is 0 Å². The van der Waals surface area contributed by atoms with Crippen molar-refractivity contribution < 1.29 is 5.11 Å². The van der Waals surface area contributed by atoms with Crippen molar-refractivity contribution in [1.29, 1.82) is 0 Å². The average Bonchev–Trinajstić information content (AvgIpc) is 1.86. The summed E-state index contributed by atoms with van der Waals surface area (Å²) in [7, 11) is 0. The zero-order chi connectivity index (χ0) is 7.40. The summed E-state index contributed by atoms with van der Waals surface area (Å²) in [6.07, 6.45) is 3.56. The summed E-state index contributed by atoms with van der Waals surface area (Å²) in [5.74, 6) is 0.592. The minimum absolute atomic E-state index is 0.379. The first-order chi connectivity index (χ1) is 4.86. The van der Waals surface area contributed by atoms with E-state index in [4.69, 9.17) is 5.11 Å². The van der Waals surface area contributed by atoms with Gasteiger partial charge in [-0.25, -0.2) is 0 Å². The van der Waals surface area contributed by atoms with Crippen molar-refractivity contribution in [3.05, 3.63) is 0 Å². The van der Waals surface area contributed by atoms with Crippen molar-refractivity contribution in [2.45, 2.75) is 32.2 Å². The van der Waals surface area contributed by atoms with Gasteiger partial charge in [0.1, 0.15) is 0 Å². The van der Waals surface area contributed by atoms with E-state index in [9.17, 15) is 0 Å². The Kier molecular flexibility index (Phi) is 3.16. The van der Waals surface area contributed by atoms with Gasteiger partial charge in [0.25, 0.3) is 0 Å². The van der Waals surface area contributed by atoms with Gasteiger partial charge in [0.2, 0.25) is 0 Å². The molecule has 1 fully saturated rings. The van der Waals surface area contributed by atoms with Crippen molar-refractivity contribution in [3.63, 3.8) is 0 Å². The molecule has 10 heavy (non-hydrogen) atoms. The first-order valence-electron chi connectivity index (χ1n) is 4.21. The van der Waals surface area contributed by atoms with Crippen LogP contribution in [-0.2, 0) is 0 Å². The summed E-state index contributed by atoms with van der Waals surface area (Å²) in [5, 5.41) is 12.1. The van der Waals surface area contributed by atoms with E-state index in [1.54, 1.807) is 0 Å². The SMILES string of the molecule is CCCNC1CC(CO)C1. The van der Waals surface area contributed by atoms with Gasteiger partial charge in [-0.2, -0.15) is 0 Å². The molecule has 2 N–H and O–H groups in total. The fraction of sp³-hybridized carbons (Fsp3) is 1.00. The van der Waals surface area contributed by atoms with Gasteiger partial charge in [-0.3, -0.25) is 0 Å². The maximum absolute atomic E-state index is 8.70. The molecule has 0 bridgehead atoms. The van der Waals surface area contributed by atoms with Crippen LogP contribution in [0.2, 0.25) is 0 Å². The lowest BCUT2D eigenvalue weighted by Gasteiger charge is -2.34. The van der Waals surface area contributed by atoms with Crippen LogP contribution in [0.3, 0.4) is 0 Å². The molecule has 1 aliphatic carbocycles. The third-order valence-electron chi connectivity index (χ3n) is 2.18. The Labute approximate surface area is 62.6 Å². The van der Waals surface area contributed by atoms with Gasteiger partial charge in [0.15, 0.2) is 0 Å². The topological polar surface area (TPSA) is 32.3 Å². The number of aliphatic hydroxyl groups is 1. The van der Waals surface area contributed by atoms with E-state index in [0.717, 1.165) is 6.54 Å². The molecule has 0 amide bonds. The van der Waals surface area contributed by atoms with E-state index in [0.29, 0.717) is 18.6 Å². The molecule has 2 heteroatoms. The highest BCUT2D eigenvalue weighted by molar-refractivity contribution is 4.83. The Morgan fingerprint density at radius 3 is 2.70 bits per heavy atom. The molecule has 1 saturated carbocycles. The smallest absolute Gasteiger partial charge is 0.0460 e. The van der Waals surface area contributed by atoms with Gasteiger partial charge in [-0.15, -0.1) is 0 Å². The van der Waals surface area contributed by atoms with Crippen molar-refractivity contribution in [2.24, 2.45) is 5.92 Å². The zero-order valence-electron chi connectivity index (χ0n) is 6.64. The third-order valence-corrected chi connectivity index (χ3v) is 2.18. The van der Waals surface area contributed by atoms with Crippen LogP contribution in [0.15, 0.2) is 0 Å². The predicted octanol–water partition coefficient (Wildman–Crippen LogP) is 0.757. The quantitative estimate of drug-likeness (QED) is 0.609. The molecular formula is C8H17NO. The van der Waals surface area contributed by atoms with Crippen LogP contribution in [0.5, 0.6) is 0 Å². The van der Waals surface area contributed by atoms with E-state index in [1.807, 2.05) is 0 Å². The standard InChI is InChI=1S/C8H17NO/c1-2-3-9-8-4-7(5-8)6-10/h7-10H,2-6H2,1H3. The Morgan fingerprint density at radius 1 is 1.50 bits per heavy atom. The normalized spacial score (nSPS) is 31.8. The fourth-order valence-electron chi connectivity index (χ4n) is 1.40. The monoisotopic (exact) mass is 143 g/mol. The van der Waals surface area contributed by atoms with Gasteiger partial charge >= 0.3 is 0 Å². The second-order valence-electron chi connectivity index (χ2n) is 3.17. The first kappa shape index (κ1) is 8.02. The van der Waals surface area contributed by atoms with Crippen LogP contribution in [0.1, 0.15) is 26.2 Å². The van der Waals surface area contributed by atoms with Gasteiger partial charge in [-0.05, 0) is 31.7 Å². The molecule has 0 atom stereocenters. The van der Waals surface area contributed by atoms with E-state index in [1.165, 1.54) is 19.3 Å². The minimum Gasteiger partial charge on any atom is -0.396 e. The van der Waals surface area contributed by atoms with Crippen LogP contribution in [0.4, 0.5) is 0 Å². The third kappa shape index (κ3) is 1.96. The number of rotatable bonds is 4. The number of aliphatic hydroxyl groups excluding tert-OH is 1. The van der Waals surface area contributed by atoms with Gasteiger partial charge < -0.3 is 10.4 Å². The number of hydrogen-bond acceptors (Lipinski definition) is 2. The molecule has 60 valence electrons. The van der Waals surface area contributed by atoms with Gasteiger partial charge in [-0.1, -0.05) is 6.92 Å². The van der Waals surface area contributed by atoms with Crippen LogP contribution in [-0.4, -0.2) is 24.3 Å². The summed E-state index contributed by atoms with van der Waals surface area (Å²) in [6, 6.07) is 0.706. The molecule has 1 aliphatic rings. The minimum atomic E-state index is 0.379. The largest absolute Gasteiger partial charge is 0.396 e. The maximum Gasteiger partial charge on any atom is 0.0460 e.